The van der Waals surface area contributed by atoms with Gasteiger partial charge in [0.25, 0.3) is 0 Å². The van der Waals surface area contributed by atoms with Gasteiger partial charge in [-0.25, -0.2) is 9.97 Å². The molecule has 0 radical (unpaired) electrons. The molecule has 6 nitrogen and oxygen atoms in total. The first-order chi connectivity index (χ1) is 19.0. The molecule has 0 amide bonds. The van der Waals surface area contributed by atoms with Crippen molar-refractivity contribution in [2.45, 2.75) is 12.4 Å². The predicted molar refractivity (Wildman–Crippen MR) is 130 cm³/mol. The molecular weight excluding hydrogens is 534 g/mol. The summed E-state index contributed by atoms with van der Waals surface area (Å²) in [7, 11) is 0. The van der Waals surface area contributed by atoms with Gasteiger partial charge in [-0.3, -0.25) is 0 Å². The highest BCUT2D eigenvalue weighted by Gasteiger charge is 2.37. The smallest absolute Gasteiger partial charge is 0.243 e. The monoisotopic (exact) mass is 544 g/mol. The zero-order chi connectivity index (χ0) is 28.8. The fraction of sp³-hybridized carbons (Fsp3) is 0.0714. The Morgan fingerprint density at radius 2 is 1.15 bits per heavy atom. The van der Waals surface area contributed by atoms with Gasteiger partial charge in [-0.2, -0.15) is 43.4 Å². The van der Waals surface area contributed by atoms with E-state index in [9.17, 15) is 36.9 Å². The minimum absolute atomic E-state index is 0.0542. The molecule has 0 unspecified atom stereocenters. The van der Waals surface area contributed by atoms with Gasteiger partial charge in [-0.15, -0.1) is 4.95 Å². The second kappa shape index (κ2) is 9.33. The van der Waals surface area contributed by atoms with Gasteiger partial charge < -0.3 is 0 Å². The van der Waals surface area contributed by atoms with Gasteiger partial charge in [0.2, 0.25) is 0 Å². The third-order valence-electron chi connectivity index (χ3n) is 6.15. The summed E-state index contributed by atoms with van der Waals surface area (Å²) >= 11 is 0. The summed E-state index contributed by atoms with van der Waals surface area (Å²) < 4.78 is 82.7. The molecule has 0 atom stereocenters. The molecule has 1 heterocycles. The molecule has 0 saturated heterocycles. The quantitative estimate of drug-likeness (QED) is 0.133. The van der Waals surface area contributed by atoms with Crippen LogP contribution < -0.4 is 0 Å². The Kier molecular flexibility index (Phi) is 6.09. The van der Waals surface area contributed by atoms with Crippen molar-refractivity contribution in [2.24, 2.45) is 5.10 Å². The fourth-order valence-electron chi connectivity index (χ4n) is 4.41. The Balaban J connectivity index is 1.88. The van der Waals surface area contributed by atoms with E-state index in [0.717, 1.165) is 12.1 Å². The van der Waals surface area contributed by atoms with Crippen LogP contribution in [-0.2, 0) is 12.4 Å². The van der Waals surface area contributed by atoms with Crippen LogP contribution in [-0.4, -0.2) is 15.7 Å². The van der Waals surface area contributed by atoms with Crippen molar-refractivity contribution >= 4 is 5.71 Å². The number of nitrogens with zero attached hydrogens (tertiary/aromatic N) is 6. The van der Waals surface area contributed by atoms with Crippen LogP contribution in [0.15, 0.2) is 65.8 Å². The van der Waals surface area contributed by atoms with E-state index < -0.39 is 34.6 Å². The van der Waals surface area contributed by atoms with Crippen LogP contribution in [0.5, 0.6) is 0 Å². The standard InChI is InChI=1S/C28H10F6N6/c1-37-40-25-19-5-3-2-4-18(19)24-26(25)39-23(15-7-9-17(13-36)21(11-15)28(32,33)34)22(38-24)14-6-8-16(12-35)20(10-14)27(29,30)31/h2-11H/b40-25-. The molecule has 40 heavy (non-hydrogen) atoms. The van der Waals surface area contributed by atoms with Crippen molar-refractivity contribution in [2.75, 3.05) is 0 Å². The van der Waals surface area contributed by atoms with Gasteiger partial charge in [-0.1, -0.05) is 36.4 Å². The molecular formula is C28H10F6N6. The Morgan fingerprint density at radius 1 is 0.675 bits per heavy atom. The third-order valence-corrected chi connectivity index (χ3v) is 6.15. The highest BCUT2D eigenvalue weighted by Crippen LogP contribution is 2.42. The van der Waals surface area contributed by atoms with Crippen molar-refractivity contribution in [3.8, 4) is 45.9 Å². The number of fused-ring (bicyclic) bond motifs is 3. The van der Waals surface area contributed by atoms with Crippen LogP contribution in [0.3, 0.4) is 0 Å². The normalized spacial score (nSPS) is 13.2. The SMILES string of the molecule is [C-]#[N+]/N=C1/c2ccccc2-c2nc(-c3ccc(C#N)c(C(F)(F)F)c3)c(-c3ccc(C#N)c(C(F)(F)F)c3)nc21. The van der Waals surface area contributed by atoms with Crippen LogP contribution in [0.2, 0.25) is 0 Å². The van der Waals surface area contributed by atoms with Gasteiger partial charge in [0, 0.05) is 22.3 Å². The summed E-state index contributed by atoms with van der Waals surface area (Å²) in [6, 6.07) is 15.2. The van der Waals surface area contributed by atoms with Crippen LogP contribution in [0.4, 0.5) is 26.3 Å². The van der Waals surface area contributed by atoms with E-state index in [0.29, 0.717) is 23.3 Å². The number of alkyl halides is 6. The molecule has 12 heteroatoms. The van der Waals surface area contributed by atoms with Gasteiger partial charge in [0.15, 0.2) is 5.71 Å². The van der Waals surface area contributed by atoms with Crippen LogP contribution in [0.25, 0.3) is 38.7 Å². The molecule has 0 N–H and O–H groups in total. The highest BCUT2D eigenvalue weighted by molar-refractivity contribution is 6.23. The molecule has 4 aromatic rings. The number of nitriles is 2. The molecule has 0 bridgehead atoms. The lowest BCUT2D eigenvalue weighted by atomic mass is 9.96. The number of aromatic nitrogens is 2. The van der Waals surface area contributed by atoms with Gasteiger partial charge in [-0.05, 0) is 24.3 Å². The van der Waals surface area contributed by atoms with Crippen LogP contribution >= 0.6 is 0 Å². The molecule has 1 aliphatic carbocycles. The lowest BCUT2D eigenvalue weighted by Crippen LogP contribution is -2.10. The minimum Gasteiger partial charge on any atom is -0.243 e. The minimum atomic E-state index is -4.92. The molecule has 0 fully saturated rings. The van der Waals surface area contributed by atoms with E-state index in [2.05, 4.69) is 20.0 Å². The zero-order valence-electron chi connectivity index (χ0n) is 19.7. The zero-order valence-corrected chi connectivity index (χ0v) is 19.7. The van der Waals surface area contributed by atoms with E-state index in [1.165, 1.54) is 24.3 Å². The maximum Gasteiger partial charge on any atom is 0.417 e. The summed E-state index contributed by atoms with van der Waals surface area (Å²) in [6.07, 6.45) is -9.83. The summed E-state index contributed by atoms with van der Waals surface area (Å²) in [5.41, 5.74) is -3.38. The Bertz CT molecular complexity index is 1870. The van der Waals surface area contributed by atoms with E-state index in [1.807, 2.05) is 0 Å². The van der Waals surface area contributed by atoms with Gasteiger partial charge >= 0.3 is 12.4 Å². The number of hydrogen-bond acceptors (Lipinski definition) is 5. The topological polar surface area (TPSA) is 90.1 Å². The number of rotatable bonds is 2. The third kappa shape index (κ3) is 4.30. The lowest BCUT2D eigenvalue weighted by Gasteiger charge is -2.16. The van der Waals surface area contributed by atoms with Crippen molar-refractivity contribution in [3.63, 3.8) is 0 Å². The van der Waals surface area contributed by atoms with Crippen molar-refractivity contribution in [1.82, 2.24) is 9.97 Å². The number of benzene rings is 3. The van der Waals surface area contributed by atoms with Gasteiger partial charge in [0.05, 0.1) is 56.6 Å². The van der Waals surface area contributed by atoms with E-state index in [4.69, 9.17) is 6.57 Å². The maximum absolute atomic E-state index is 13.8. The predicted octanol–water partition coefficient (Wildman–Crippen LogP) is 7.24. The lowest BCUT2D eigenvalue weighted by molar-refractivity contribution is -0.138. The summed E-state index contributed by atoms with van der Waals surface area (Å²) in [4.78, 5) is 12.1. The molecule has 0 saturated carbocycles. The second-order valence-electron chi connectivity index (χ2n) is 8.45. The first-order valence-corrected chi connectivity index (χ1v) is 11.2. The Morgan fingerprint density at radius 3 is 1.60 bits per heavy atom. The van der Waals surface area contributed by atoms with E-state index in [-0.39, 0.29) is 39.6 Å². The number of hydrogen-bond donors (Lipinski definition) is 0. The average Bonchev–Trinajstić information content (AvgIpc) is 3.23. The first kappa shape index (κ1) is 26.1. The molecule has 194 valence electrons. The second-order valence-corrected chi connectivity index (χ2v) is 8.45. The molecule has 0 spiro atoms. The maximum atomic E-state index is 13.8. The molecule has 3 aromatic carbocycles. The van der Waals surface area contributed by atoms with E-state index in [1.54, 1.807) is 24.3 Å². The Hall–Kier alpha value is -5.54. The molecule has 1 aliphatic rings. The van der Waals surface area contributed by atoms with Gasteiger partial charge in [0.1, 0.15) is 5.69 Å². The molecule has 0 aliphatic heterocycles. The average molecular weight is 544 g/mol. The summed E-state index contributed by atoms with van der Waals surface area (Å²) in [5.74, 6) is 0. The highest BCUT2D eigenvalue weighted by atomic mass is 19.4. The largest absolute Gasteiger partial charge is 0.417 e. The van der Waals surface area contributed by atoms with Crippen molar-refractivity contribution in [3.05, 3.63) is 106 Å². The van der Waals surface area contributed by atoms with Crippen molar-refractivity contribution in [1.29, 1.82) is 10.5 Å². The van der Waals surface area contributed by atoms with E-state index >= 15 is 0 Å². The summed E-state index contributed by atoms with van der Waals surface area (Å²) in [5, 5.41) is 22.2. The fourth-order valence-corrected chi connectivity index (χ4v) is 4.41. The summed E-state index contributed by atoms with van der Waals surface area (Å²) in [6.45, 7) is 7.21. The Labute approximate surface area is 221 Å². The number of halogens is 6. The first-order valence-electron chi connectivity index (χ1n) is 11.2. The van der Waals surface area contributed by atoms with Crippen molar-refractivity contribution < 1.29 is 26.3 Å². The van der Waals surface area contributed by atoms with Crippen LogP contribution in [0.1, 0.15) is 33.5 Å². The molecule has 5 rings (SSSR count). The van der Waals surface area contributed by atoms with Crippen LogP contribution in [0, 0.1) is 29.2 Å². The molecule has 1 aromatic heterocycles.